The van der Waals surface area contributed by atoms with E-state index in [1.807, 2.05) is 0 Å². The zero-order valence-corrected chi connectivity index (χ0v) is 9.60. The van der Waals surface area contributed by atoms with Gasteiger partial charge in [-0.2, -0.15) is 30.7 Å². The van der Waals surface area contributed by atoms with Gasteiger partial charge in [-0.3, -0.25) is 4.79 Å². The molecule has 0 heterocycles. The number of benzene rings is 1. The zero-order chi connectivity index (χ0) is 15.6. The summed E-state index contributed by atoms with van der Waals surface area (Å²) in [5.41, 5.74) is 0.201. The second-order valence-electron chi connectivity index (χ2n) is 3.75. The molecule has 8 heteroatoms. The van der Waals surface area contributed by atoms with Crippen LogP contribution in [0.15, 0.2) is 36.4 Å². The molecule has 0 saturated heterocycles. The van der Waals surface area contributed by atoms with Crippen molar-refractivity contribution < 1.29 is 35.5 Å². The number of halogens is 7. The van der Waals surface area contributed by atoms with Crippen LogP contribution in [0, 0.1) is 0 Å². The Morgan fingerprint density at radius 2 is 1.40 bits per heavy atom. The first-order valence-corrected chi connectivity index (χ1v) is 5.10. The summed E-state index contributed by atoms with van der Waals surface area (Å²) >= 11 is 0. The van der Waals surface area contributed by atoms with Crippen LogP contribution in [-0.4, -0.2) is 23.8 Å². The first-order chi connectivity index (χ1) is 9.00. The first kappa shape index (κ1) is 16.2. The normalized spacial score (nSPS) is 13.8. The largest absolute Gasteiger partial charge is 0.460 e. The number of carbonyl (C=O) groups excluding carboxylic acids is 1. The average molecular weight is 300 g/mol. The van der Waals surface area contributed by atoms with E-state index in [1.165, 1.54) is 24.3 Å². The fraction of sp³-hybridized carbons (Fsp3) is 0.250. The Bertz CT molecular complexity index is 502. The highest BCUT2D eigenvalue weighted by Crippen LogP contribution is 2.47. The molecule has 0 bridgehead atoms. The molecule has 1 aromatic rings. The minimum Gasteiger partial charge on any atom is -0.288 e. The summed E-state index contributed by atoms with van der Waals surface area (Å²) in [7, 11) is 0. The summed E-state index contributed by atoms with van der Waals surface area (Å²) in [4.78, 5) is 10.9. The van der Waals surface area contributed by atoms with Crippen LogP contribution in [0.1, 0.15) is 5.56 Å². The van der Waals surface area contributed by atoms with Crippen LogP contribution >= 0.6 is 0 Å². The zero-order valence-electron chi connectivity index (χ0n) is 9.60. The molecule has 0 aliphatic rings. The van der Waals surface area contributed by atoms with Gasteiger partial charge in [-0.1, -0.05) is 36.4 Å². The molecule has 0 saturated carbocycles. The van der Waals surface area contributed by atoms with E-state index in [4.69, 9.17) is 0 Å². The van der Waals surface area contributed by atoms with E-state index in [2.05, 4.69) is 0 Å². The number of hydrogen-bond donors (Lipinski definition) is 0. The molecule has 0 atom stereocenters. The lowest BCUT2D eigenvalue weighted by molar-refractivity contribution is -0.342. The number of rotatable bonds is 4. The van der Waals surface area contributed by atoms with Gasteiger partial charge in [0.15, 0.2) is 0 Å². The van der Waals surface area contributed by atoms with Crippen molar-refractivity contribution in [2.45, 2.75) is 18.0 Å². The predicted octanol–water partition coefficient (Wildman–Crippen LogP) is 4.10. The van der Waals surface area contributed by atoms with E-state index < -0.39 is 23.8 Å². The second kappa shape index (κ2) is 5.26. The maximum Gasteiger partial charge on any atom is 0.460 e. The second-order valence-corrected chi connectivity index (χ2v) is 3.75. The fourth-order valence-electron chi connectivity index (χ4n) is 1.17. The molecule has 0 fully saturated rings. The van der Waals surface area contributed by atoms with E-state index in [1.54, 1.807) is 6.07 Å². The Kier molecular flexibility index (Phi) is 4.26. The van der Waals surface area contributed by atoms with E-state index in [0.717, 1.165) is 6.08 Å². The van der Waals surface area contributed by atoms with Gasteiger partial charge in [0.2, 0.25) is 5.78 Å². The number of hydrogen-bond acceptors (Lipinski definition) is 1. The van der Waals surface area contributed by atoms with Crippen LogP contribution < -0.4 is 0 Å². The SMILES string of the molecule is O=C(/C=C/c1ccccc1)C(F)(F)C(F)(F)C(F)(F)F. The number of allylic oxidation sites excluding steroid dienone is 1. The van der Waals surface area contributed by atoms with Gasteiger partial charge < -0.3 is 0 Å². The minimum atomic E-state index is -6.52. The highest BCUT2D eigenvalue weighted by Gasteiger charge is 2.75. The van der Waals surface area contributed by atoms with E-state index in [0.29, 0.717) is 0 Å². The molecule has 0 aliphatic carbocycles. The van der Waals surface area contributed by atoms with Crippen LogP contribution in [-0.2, 0) is 4.79 Å². The third-order valence-electron chi connectivity index (χ3n) is 2.29. The van der Waals surface area contributed by atoms with E-state index >= 15 is 0 Å². The molecule has 1 nitrogen and oxygen atoms in total. The van der Waals surface area contributed by atoms with Crippen molar-refractivity contribution in [3.63, 3.8) is 0 Å². The monoisotopic (exact) mass is 300 g/mol. The average Bonchev–Trinajstić information content (AvgIpc) is 2.35. The quantitative estimate of drug-likeness (QED) is 0.604. The highest BCUT2D eigenvalue weighted by atomic mass is 19.4. The van der Waals surface area contributed by atoms with Crippen molar-refractivity contribution in [2.24, 2.45) is 0 Å². The molecule has 1 aromatic carbocycles. The number of ketones is 1. The van der Waals surface area contributed by atoms with Gasteiger partial charge in [0, 0.05) is 0 Å². The van der Waals surface area contributed by atoms with Gasteiger partial charge in [0.25, 0.3) is 0 Å². The molecule has 20 heavy (non-hydrogen) atoms. The minimum absolute atomic E-state index is 0.00498. The van der Waals surface area contributed by atoms with Gasteiger partial charge in [-0.25, -0.2) is 0 Å². The summed E-state index contributed by atoms with van der Waals surface area (Å²) < 4.78 is 86.5. The molecule has 0 amide bonds. The van der Waals surface area contributed by atoms with Crippen LogP contribution in [0.3, 0.4) is 0 Å². The maximum atomic E-state index is 12.9. The summed E-state index contributed by atoms with van der Waals surface area (Å²) in [6, 6.07) is 7.19. The molecule has 0 spiro atoms. The Labute approximate surface area is 108 Å². The lowest BCUT2D eigenvalue weighted by atomic mass is 10.1. The third-order valence-corrected chi connectivity index (χ3v) is 2.29. The lowest BCUT2D eigenvalue weighted by Gasteiger charge is -2.26. The Balaban J connectivity index is 2.99. The van der Waals surface area contributed by atoms with Crippen molar-refractivity contribution in [2.75, 3.05) is 0 Å². The molecule has 0 N–H and O–H groups in total. The molecule has 0 radical (unpaired) electrons. The topological polar surface area (TPSA) is 17.1 Å². The van der Waals surface area contributed by atoms with Crippen molar-refractivity contribution in [3.05, 3.63) is 42.0 Å². The van der Waals surface area contributed by atoms with E-state index in [-0.39, 0.29) is 11.6 Å². The van der Waals surface area contributed by atoms with Gasteiger partial charge >= 0.3 is 18.0 Å². The van der Waals surface area contributed by atoms with Crippen molar-refractivity contribution >= 4 is 11.9 Å². The summed E-state index contributed by atoms with van der Waals surface area (Å²) in [5.74, 6) is -14.9. The molecule has 110 valence electrons. The van der Waals surface area contributed by atoms with Crippen LogP contribution in [0.2, 0.25) is 0 Å². The molecule has 0 aromatic heterocycles. The standard InChI is InChI=1S/C12H7F7O/c13-10(14,11(15,16)12(17,18)19)9(20)7-6-8-4-2-1-3-5-8/h1-7H/b7-6+. The van der Waals surface area contributed by atoms with Gasteiger partial charge in [-0.05, 0) is 11.6 Å². The first-order valence-electron chi connectivity index (χ1n) is 5.10. The van der Waals surface area contributed by atoms with Crippen LogP contribution in [0.4, 0.5) is 30.7 Å². The molecular formula is C12H7F7O. The molecule has 0 aliphatic heterocycles. The van der Waals surface area contributed by atoms with Crippen molar-refractivity contribution in [1.29, 1.82) is 0 Å². The Hall–Kier alpha value is -1.86. The Morgan fingerprint density at radius 3 is 1.85 bits per heavy atom. The van der Waals surface area contributed by atoms with Crippen LogP contribution in [0.5, 0.6) is 0 Å². The lowest BCUT2D eigenvalue weighted by Crippen LogP contribution is -2.55. The highest BCUT2D eigenvalue weighted by molar-refractivity contribution is 5.99. The summed E-state index contributed by atoms with van der Waals surface area (Å²) in [5, 5.41) is 0. The van der Waals surface area contributed by atoms with E-state index in [9.17, 15) is 35.5 Å². The number of carbonyl (C=O) groups is 1. The smallest absolute Gasteiger partial charge is 0.288 e. The third kappa shape index (κ3) is 3.00. The Morgan fingerprint density at radius 1 is 0.900 bits per heavy atom. The van der Waals surface area contributed by atoms with Gasteiger partial charge in [-0.15, -0.1) is 0 Å². The van der Waals surface area contributed by atoms with Gasteiger partial charge in [0.1, 0.15) is 0 Å². The van der Waals surface area contributed by atoms with Crippen LogP contribution in [0.25, 0.3) is 6.08 Å². The summed E-state index contributed by atoms with van der Waals surface area (Å²) in [6.45, 7) is 0. The predicted molar refractivity (Wildman–Crippen MR) is 56.4 cm³/mol. The molecule has 1 rings (SSSR count). The van der Waals surface area contributed by atoms with Crippen molar-refractivity contribution in [1.82, 2.24) is 0 Å². The summed E-state index contributed by atoms with van der Waals surface area (Å²) in [6.07, 6.45) is -5.80. The van der Waals surface area contributed by atoms with Crippen molar-refractivity contribution in [3.8, 4) is 0 Å². The molecular weight excluding hydrogens is 293 g/mol. The maximum absolute atomic E-state index is 12.9. The molecule has 0 unspecified atom stereocenters. The van der Waals surface area contributed by atoms with Gasteiger partial charge in [0.05, 0.1) is 0 Å². The fourth-order valence-corrected chi connectivity index (χ4v) is 1.17. The number of alkyl halides is 7.